The number of ether oxygens (including phenoxy) is 1. The van der Waals surface area contributed by atoms with Gasteiger partial charge in [0.25, 0.3) is 0 Å². The Morgan fingerprint density at radius 1 is 1.14 bits per heavy atom. The number of benzene rings is 2. The van der Waals surface area contributed by atoms with Crippen molar-refractivity contribution in [1.82, 2.24) is 9.55 Å². The Morgan fingerprint density at radius 2 is 1.90 bits per heavy atom. The van der Waals surface area contributed by atoms with Crippen molar-refractivity contribution in [2.45, 2.75) is 19.4 Å². The average Bonchev–Trinajstić information content (AvgIpc) is 3.25. The van der Waals surface area contributed by atoms with Crippen LogP contribution in [0.5, 0.6) is 0 Å². The molecule has 150 valence electrons. The maximum atomic E-state index is 12.4. The van der Waals surface area contributed by atoms with Crippen LogP contribution in [0.2, 0.25) is 5.02 Å². The summed E-state index contributed by atoms with van der Waals surface area (Å²) in [7, 11) is 0. The molecule has 1 aliphatic heterocycles. The van der Waals surface area contributed by atoms with Gasteiger partial charge >= 0.3 is 11.7 Å². The molecule has 0 spiro atoms. The maximum absolute atomic E-state index is 12.4. The van der Waals surface area contributed by atoms with Crippen LogP contribution in [0.25, 0.3) is 11.0 Å². The van der Waals surface area contributed by atoms with Gasteiger partial charge in [0.1, 0.15) is 0 Å². The van der Waals surface area contributed by atoms with Gasteiger partial charge in [0, 0.05) is 19.5 Å². The fourth-order valence-corrected chi connectivity index (χ4v) is 3.85. The number of hydrogen-bond donors (Lipinski definition) is 1. The SMILES string of the molecule is O=C(OCCCn1c(=O)[nH]c2ccccc21)C1CC(=O)N(c2ccccc2Cl)C1. The molecule has 1 N–H and O–H groups in total. The second kappa shape index (κ2) is 8.13. The van der Waals surface area contributed by atoms with Crippen LogP contribution in [0.1, 0.15) is 12.8 Å². The molecule has 7 nitrogen and oxygen atoms in total. The van der Waals surface area contributed by atoms with Gasteiger partial charge in [-0.1, -0.05) is 35.9 Å². The number of esters is 1. The minimum atomic E-state index is -0.519. The van der Waals surface area contributed by atoms with Crippen LogP contribution < -0.4 is 10.6 Å². The fraction of sp³-hybridized carbons (Fsp3) is 0.286. The molecule has 3 aromatic rings. The number of aryl methyl sites for hydroxylation is 1. The van der Waals surface area contributed by atoms with Gasteiger partial charge in [-0.25, -0.2) is 4.79 Å². The predicted molar refractivity (Wildman–Crippen MR) is 110 cm³/mol. The van der Waals surface area contributed by atoms with Crippen molar-refractivity contribution in [1.29, 1.82) is 0 Å². The van der Waals surface area contributed by atoms with Crippen molar-refractivity contribution < 1.29 is 14.3 Å². The molecule has 0 saturated carbocycles. The number of carbonyl (C=O) groups excluding carboxylic acids is 2. The molecule has 2 heterocycles. The zero-order chi connectivity index (χ0) is 20.4. The van der Waals surface area contributed by atoms with E-state index in [2.05, 4.69) is 4.98 Å². The summed E-state index contributed by atoms with van der Waals surface area (Å²) in [5.74, 6) is -1.07. The summed E-state index contributed by atoms with van der Waals surface area (Å²) in [6.45, 7) is 0.871. The van der Waals surface area contributed by atoms with E-state index in [-0.39, 0.29) is 31.2 Å². The first-order valence-electron chi connectivity index (χ1n) is 9.43. The van der Waals surface area contributed by atoms with E-state index in [9.17, 15) is 14.4 Å². The molecule has 0 aliphatic carbocycles. The smallest absolute Gasteiger partial charge is 0.326 e. The molecule has 8 heteroatoms. The third-order valence-electron chi connectivity index (χ3n) is 5.05. The second-order valence-corrected chi connectivity index (χ2v) is 7.38. The number of fused-ring (bicyclic) bond motifs is 1. The van der Waals surface area contributed by atoms with E-state index in [1.165, 1.54) is 4.90 Å². The molecule has 4 rings (SSSR count). The van der Waals surface area contributed by atoms with Gasteiger partial charge in [-0.2, -0.15) is 0 Å². The lowest BCUT2D eigenvalue weighted by molar-refractivity contribution is -0.148. The number of carbonyl (C=O) groups is 2. The molecule has 1 unspecified atom stereocenters. The zero-order valence-corrected chi connectivity index (χ0v) is 16.4. The monoisotopic (exact) mass is 413 g/mol. The van der Waals surface area contributed by atoms with Crippen molar-refractivity contribution >= 4 is 40.2 Å². The highest BCUT2D eigenvalue weighted by atomic mass is 35.5. The molecule has 1 saturated heterocycles. The molecule has 1 aliphatic rings. The zero-order valence-electron chi connectivity index (χ0n) is 15.6. The molecule has 1 aromatic heterocycles. The first-order valence-corrected chi connectivity index (χ1v) is 9.81. The highest BCUT2D eigenvalue weighted by Gasteiger charge is 2.36. The first kappa shape index (κ1) is 19.3. The van der Waals surface area contributed by atoms with Gasteiger partial charge in [-0.3, -0.25) is 14.2 Å². The van der Waals surface area contributed by atoms with Crippen LogP contribution in [0.15, 0.2) is 53.3 Å². The van der Waals surface area contributed by atoms with Gasteiger partial charge in [-0.05, 0) is 30.7 Å². The topological polar surface area (TPSA) is 84.4 Å². The first-order chi connectivity index (χ1) is 14.0. The number of aromatic nitrogens is 2. The summed E-state index contributed by atoms with van der Waals surface area (Å²) < 4.78 is 6.99. The number of imidazole rings is 1. The molecule has 1 fully saturated rings. The Bertz CT molecular complexity index is 1120. The molecule has 0 bridgehead atoms. The number of aromatic amines is 1. The van der Waals surface area contributed by atoms with Gasteiger partial charge in [-0.15, -0.1) is 0 Å². The van der Waals surface area contributed by atoms with Crippen LogP contribution in [0, 0.1) is 5.92 Å². The van der Waals surface area contributed by atoms with E-state index in [0.29, 0.717) is 23.7 Å². The lowest BCUT2D eigenvalue weighted by Crippen LogP contribution is -2.27. The third kappa shape index (κ3) is 3.91. The number of H-pyrrole nitrogens is 1. The summed E-state index contributed by atoms with van der Waals surface area (Å²) in [4.78, 5) is 41.1. The van der Waals surface area contributed by atoms with Crippen LogP contribution in [-0.2, 0) is 20.9 Å². The molecule has 2 aromatic carbocycles. The summed E-state index contributed by atoms with van der Waals surface area (Å²) in [6, 6.07) is 14.5. The van der Waals surface area contributed by atoms with E-state index >= 15 is 0 Å². The minimum absolute atomic E-state index is 0.103. The van der Waals surface area contributed by atoms with Crippen molar-refractivity contribution in [3.63, 3.8) is 0 Å². The Kier molecular flexibility index (Phi) is 5.40. The second-order valence-electron chi connectivity index (χ2n) is 6.98. The fourth-order valence-electron chi connectivity index (χ4n) is 3.61. The Morgan fingerprint density at radius 3 is 2.72 bits per heavy atom. The molecule has 1 amide bonds. The molecule has 1 atom stereocenters. The van der Waals surface area contributed by atoms with Gasteiger partial charge < -0.3 is 14.6 Å². The maximum Gasteiger partial charge on any atom is 0.326 e. The number of rotatable bonds is 6. The normalized spacial score (nSPS) is 16.5. The number of amides is 1. The Labute approximate surface area is 171 Å². The number of nitrogens with zero attached hydrogens (tertiary/aromatic N) is 2. The van der Waals surface area contributed by atoms with Crippen LogP contribution in [0.4, 0.5) is 5.69 Å². The Balaban J connectivity index is 1.31. The number of halogens is 1. The molecule has 0 radical (unpaired) electrons. The van der Waals surface area contributed by atoms with E-state index in [4.69, 9.17) is 16.3 Å². The van der Waals surface area contributed by atoms with E-state index < -0.39 is 11.9 Å². The third-order valence-corrected chi connectivity index (χ3v) is 5.37. The quantitative estimate of drug-likeness (QED) is 0.497. The van der Waals surface area contributed by atoms with Crippen molar-refractivity contribution in [3.05, 3.63) is 64.0 Å². The summed E-state index contributed by atoms with van der Waals surface area (Å²) >= 11 is 6.16. The standard InChI is InChI=1S/C21H20ClN3O4/c22-15-6-1-3-8-17(15)25-13-14(12-19(25)26)20(27)29-11-5-10-24-18-9-4-2-7-16(18)23-21(24)28/h1-4,6-9,14H,5,10-13H2,(H,23,28). The highest BCUT2D eigenvalue weighted by Crippen LogP contribution is 2.31. The summed E-state index contributed by atoms with van der Waals surface area (Å²) in [5.41, 5.74) is 2.02. The van der Waals surface area contributed by atoms with E-state index in [1.807, 2.05) is 24.3 Å². The van der Waals surface area contributed by atoms with Crippen LogP contribution >= 0.6 is 11.6 Å². The molecular weight excluding hydrogens is 394 g/mol. The van der Waals surface area contributed by atoms with Gasteiger partial charge in [0.15, 0.2) is 0 Å². The van der Waals surface area contributed by atoms with Gasteiger partial charge in [0.05, 0.1) is 34.3 Å². The Hall–Kier alpha value is -3.06. The lowest BCUT2D eigenvalue weighted by atomic mass is 10.1. The van der Waals surface area contributed by atoms with Crippen molar-refractivity contribution in [2.24, 2.45) is 5.92 Å². The highest BCUT2D eigenvalue weighted by molar-refractivity contribution is 6.33. The minimum Gasteiger partial charge on any atom is -0.465 e. The predicted octanol–water partition coefficient (Wildman–Crippen LogP) is 2.97. The van der Waals surface area contributed by atoms with E-state index in [0.717, 1.165) is 11.0 Å². The number of nitrogens with one attached hydrogen (secondary N) is 1. The number of hydrogen-bond acceptors (Lipinski definition) is 4. The summed E-state index contributed by atoms with van der Waals surface area (Å²) in [6.07, 6.45) is 0.606. The largest absolute Gasteiger partial charge is 0.465 e. The van der Waals surface area contributed by atoms with Crippen molar-refractivity contribution in [3.8, 4) is 0 Å². The van der Waals surface area contributed by atoms with E-state index in [1.54, 1.807) is 28.8 Å². The van der Waals surface area contributed by atoms with Crippen LogP contribution in [0.3, 0.4) is 0 Å². The van der Waals surface area contributed by atoms with Gasteiger partial charge in [0.2, 0.25) is 5.91 Å². The lowest BCUT2D eigenvalue weighted by Gasteiger charge is -2.17. The average molecular weight is 414 g/mol. The van der Waals surface area contributed by atoms with Crippen molar-refractivity contribution in [2.75, 3.05) is 18.1 Å². The number of anilines is 1. The molecule has 29 heavy (non-hydrogen) atoms. The summed E-state index contributed by atoms with van der Waals surface area (Å²) in [5, 5.41) is 0.471. The molecular formula is C21H20ClN3O4. The van der Waals surface area contributed by atoms with Crippen LogP contribution in [-0.4, -0.2) is 34.6 Å². The number of para-hydroxylation sites is 3.